The molecule has 1 fully saturated rings. The molecule has 1 heteroatoms. The molecule has 0 N–H and O–H groups in total. The Balaban J connectivity index is 2.22. The molecule has 12 heavy (non-hydrogen) atoms. The predicted octanol–water partition coefficient (Wildman–Crippen LogP) is 2.71. The van der Waals surface area contributed by atoms with Gasteiger partial charge in [-0.25, -0.2) is 0 Å². The third-order valence-corrected chi connectivity index (χ3v) is 3.58. The van der Waals surface area contributed by atoms with Gasteiger partial charge in [-0.2, -0.15) is 0 Å². The Bertz CT molecular complexity index is 207. The first-order chi connectivity index (χ1) is 5.87. The fraction of sp³-hybridized carbons (Fsp3) is 0.727. The van der Waals surface area contributed by atoms with Crippen LogP contribution in [0, 0.1) is 11.3 Å². The lowest BCUT2D eigenvalue weighted by atomic mass is 9.62. The van der Waals surface area contributed by atoms with E-state index in [9.17, 15) is 4.79 Å². The van der Waals surface area contributed by atoms with Gasteiger partial charge in [-0.15, -0.1) is 0 Å². The first-order valence-corrected chi connectivity index (χ1v) is 4.99. The highest BCUT2D eigenvalue weighted by atomic mass is 16.1. The summed E-state index contributed by atoms with van der Waals surface area (Å²) >= 11 is 0. The molecular formula is C11H16O. The molecule has 0 amide bonds. The van der Waals surface area contributed by atoms with Crippen molar-refractivity contribution in [2.45, 2.75) is 38.5 Å². The van der Waals surface area contributed by atoms with Crippen molar-refractivity contribution < 1.29 is 4.79 Å². The average molecular weight is 164 g/mol. The topological polar surface area (TPSA) is 17.1 Å². The van der Waals surface area contributed by atoms with Crippen LogP contribution in [-0.4, -0.2) is 6.29 Å². The Morgan fingerprint density at radius 2 is 2.25 bits per heavy atom. The first-order valence-electron chi connectivity index (χ1n) is 4.99. The molecule has 0 aromatic carbocycles. The van der Waals surface area contributed by atoms with Gasteiger partial charge in [-0.1, -0.05) is 25.0 Å². The van der Waals surface area contributed by atoms with E-state index in [1.54, 1.807) is 0 Å². The van der Waals surface area contributed by atoms with Crippen LogP contribution in [0.4, 0.5) is 0 Å². The Kier molecular flexibility index (Phi) is 2.03. The Morgan fingerprint density at radius 3 is 3.00 bits per heavy atom. The maximum absolute atomic E-state index is 11.1. The molecule has 0 radical (unpaired) electrons. The maximum Gasteiger partial charge on any atom is 0.126 e. The van der Waals surface area contributed by atoms with Crippen molar-refractivity contribution in [1.82, 2.24) is 0 Å². The van der Waals surface area contributed by atoms with Gasteiger partial charge in [0.25, 0.3) is 0 Å². The molecule has 2 aliphatic rings. The number of hydrogen-bond acceptors (Lipinski definition) is 1. The second kappa shape index (κ2) is 3.04. The van der Waals surface area contributed by atoms with Crippen molar-refractivity contribution in [2.75, 3.05) is 0 Å². The summed E-state index contributed by atoms with van der Waals surface area (Å²) in [7, 11) is 0. The van der Waals surface area contributed by atoms with Crippen LogP contribution in [0.1, 0.15) is 38.5 Å². The van der Waals surface area contributed by atoms with Gasteiger partial charge in [-0.3, -0.25) is 0 Å². The van der Waals surface area contributed by atoms with E-state index >= 15 is 0 Å². The molecule has 0 bridgehead atoms. The van der Waals surface area contributed by atoms with Crippen LogP contribution in [0.5, 0.6) is 0 Å². The molecular weight excluding hydrogens is 148 g/mol. The van der Waals surface area contributed by atoms with Crippen molar-refractivity contribution in [1.29, 1.82) is 0 Å². The maximum atomic E-state index is 11.1. The van der Waals surface area contributed by atoms with E-state index in [2.05, 4.69) is 12.2 Å². The second-order valence-electron chi connectivity index (χ2n) is 4.20. The highest BCUT2D eigenvalue weighted by molar-refractivity contribution is 5.61. The molecule has 0 heterocycles. The van der Waals surface area contributed by atoms with E-state index in [-0.39, 0.29) is 5.41 Å². The summed E-state index contributed by atoms with van der Waals surface area (Å²) in [4.78, 5) is 11.1. The van der Waals surface area contributed by atoms with E-state index < -0.39 is 0 Å². The summed E-state index contributed by atoms with van der Waals surface area (Å²) in [5, 5.41) is 0. The average Bonchev–Trinajstić information content (AvgIpc) is 2.18. The standard InChI is InChI=1S/C11H16O/c12-9-11-7-3-1-5-10(11)6-2-4-8-11/h1,3,9-10H,2,4-8H2. The number of carbonyl (C=O) groups excluding carboxylic acids is 1. The van der Waals surface area contributed by atoms with Gasteiger partial charge < -0.3 is 4.79 Å². The quantitative estimate of drug-likeness (QED) is 0.430. The van der Waals surface area contributed by atoms with E-state index in [0.717, 1.165) is 19.3 Å². The molecule has 2 aliphatic carbocycles. The molecule has 0 aliphatic heterocycles. The van der Waals surface area contributed by atoms with Crippen molar-refractivity contribution in [3.63, 3.8) is 0 Å². The summed E-state index contributed by atoms with van der Waals surface area (Å²) < 4.78 is 0. The van der Waals surface area contributed by atoms with Crippen molar-refractivity contribution >= 4 is 6.29 Å². The van der Waals surface area contributed by atoms with Crippen molar-refractivity contribution in [3.05, 3.63) is 12.2 Å². The highest BCUT2D eigenvalue weighted by Crippen LogP contribution is 2.46. The molecule has 0 spiro atoms. The van der Waals surface area contributed by atoms with E-state index in [0.29, 0.717) is 5.92 Å². The van der Waals surface area contributed by atoms with Gasteiger partial charge in [0.05, 0.1) is 0 Å². The minimum atomic E-state index is 0.0486. The number of carbonyl (C=O) groups is 1. The van der Waals surface area contributed by atoms with Crippen molar-refractivity contribution in [2.24, 2.45) is 11.3 Å². The van der Waals surface area contributed by atoms with Crippen LogP contribution < -0.4 is 0 Å². The summed E-state index contributed by atoms with van der Waals surface area (Å²) in [6, 6.07) is 0. The summed E-state index contributed by atoms with van der Waals surface area (Å²) in [5.41, 5.74) is 0.0486. The van der Waals surface area contributed by atoms with Crippen LogP contribution in [0.3, 0.4) is 0 Å². The van der Waals surface area contributed by atoms with E-state index in [1.165, 1.54) is 25.5 Å². The largest absolute Gasteiger partial charge is 0.303 e. The fourth-order valence-electron chi connectivity index (χ4n) is 2.72. The van der Waals surface area contributed by atoms with Gasteiger partial charge in [0.15, 0.2) is 0 Å². The fourth-order valence-corrected chi connectivity index (χ4v) is 2.72. The third kappa shape index (κ3) is 1.12. The molecule has 2 atom stereocenters. The SMILES string of the molecule is O=CC12CC=CCC1CCCC2. The van der Waals surface area contributed by atoms with Gasteiger partial charge >= 0.3 is 0 Å². The van der Waals surface area contributed by atoms with Crippen LogP contribution in [0.2, 0.25) is 0 Å². The zero-order chi connectivity index (χ0) is 8.44. The highest BCUT2D eigenvalue weighted by Gasteiger charge is 2.40. The normalized spacial score (nSPS) is 40.5. The molecule has 66 valence electrons. The lowest BCUT2D eigenvalue weighted by Gasteiger charge is -2.41. The summed E-state index contributed by atoms with van der Waals surface area (Å²) in [6.45, 7) is 0. The molecule has 1 nitrogen and oxygen atoms in total. The number of hydrogen-bond donors (Lipinski definition) is 0. The van der Waals surface area contributed by atoms with Gasteiger partial charge in [0, 0.05) is 5.41 Å². The van der Waals surface area contributed by atoms with E-state index in [4.69, 9.17) is 0 Å². The Morgan fingerprint density at radius 1 is 1.33 bits per heavy atom. The number of allylic oxidation sites excluding steroid dienone is 2. The van der Waals surface area contributed by atoms with Gasteiger partial charge in [-0.05, 0) is 31.6 Å². The third-order valence-electron chi connectivity index (χ3n) is 3.58. The van der Waals surface area contributed by atoms with Crippen LogP contribution >= 0.6 is 0 Å². The van der Waals surface area contributed by atoms with Gasteiger partial charge in [0.1, 0.15) is 6.29 Å². The smallest absolute Gasteiger partial charge is 0.126 e. The number of rotatable bonds is 1. The summed E-state index contributed by atoms with van der Waals surface area (Å²) in [5.74, 6) is 0.661. The zero-order valence-electron chi connectivity index (χ0n) is 7.46. The second-order valence-corrected chi connectivity index (χ2v) is 4.20. The zero-order valence-corrected chi connectivity index (χ0v) is 7.46. The Labute approximate surface area is 73.8 Å². The minimum absolute atomic E-state index is 0.0486. The lowest BCUT2D eigenvalue weighted by Crippen LogP contribution is -2.36. The van der Waals surface area contributed by atoms with Crippen LogP contribution in [0.25, 0.3) is 0 Å². The predicted molar refractivity (Wildman–Crippen MR) is 48.8 cm³/mol. The summed E-state index contributed by atoms with van der Waals surface area (Å²) in [6.07, 6.45) is 12.8. The Hall–Kier alpha value is -0.590. The van der Waals surface area contributed by atoms with Gasteiger partial charge in [0.2, 0.25) is 0 Å². The van der Waals surface area contributed by atoms with Crippen LogP contribution in [0.15, 0.2) is 12.2 Å². The molecule has 1 saturated carbocycles. The monoisotopic (exact) mass is 164 g/mol. The first kappa shape index (κ1) is 8.03. The van der Waals surface area contributed by atoms with E-state index in [1.807, 2.05) is 0 Å². The molecule has 2 unspecified atom stereocenters. The molecule has 0 saturated heterocycles. The lowest BCUT2D eigenvalue weighted by molar-refractivity contribution is -0.121. The number of fused-ring (bicyclic) bond motifs is 1. The van der Waals surface area contributed by atoms with Crippen LogP contribution in [-0.2, 0) is 4.79 Å². The van der Waals surface area contributed by atoms with Crippen molar-refractivity contribution in [3.8, 4) is 0 Å². The minimum Gasteiger partial charge on any atom is -0.303 e. The molecule has 0 aromatic rings. The molecule has 0 aromatic heterocycles. The number of aldehydes is 1. The molecule has 2 rings (SSSR count).